The molecule has 31 heavy (non-hydrogen) atoms. The van der Waals surface area contributed by atoms with Gasteiger partial charge < -0.3 is 10.4 Å². The monoisotopic (exact) mass is 436 g/mol. The van der Waals surface area contributed by atoms with Crippen molar-refractivity contribution in [2.24, 2.45) is 11.8 Å². The minimum Gasteiger partial charge on any atom is -0.385 e. The number of benzene rings is 2. The van der Waals surface area contributed by atoms with Crippen LogP contribution < -0.4 is 5.32 Å². The number of fused-ring (bicyclic) bond motifs is 3. The number of aromatic amines is 1. The van der Waals surface area contributed by atoms with E-state index in [0.717, 1.165) is 16.5 Å². The number of amides is 1. The zero-order valence-electron chi connectivity index (χ0n) is 16.3. The fourth-order valence-corrected chi connectivity index (χ4v) is 5.46. The van der Waals surface area contributed by atoms with Crippen molar-refractivity contribution in [1.82, 2.24) is 20.5 Å². The summed E-state index contributed by atoms with van der Waals surface area (Å²) in [6.45, 7) is 0. The number of hydrogen-bond acceptors (Lipinski definition) is 4. The van der Waals surface area contributed by atoms with Gasteiger partial charge in [0.25, 0.3) is 5.91 Å². The first-order valence-electron chi connectivity index (χ1n) is 10.1. The Bertz CT molecular complexity index is 1360. The van der Waals surface area contributed by atoms with E-state index in [2.05, 4.69) is 20.5 Å². The average Bonchev–Trinajstić information content (AvgIpc) is 3.10. The molecule has 2 fully saturated rings. The first-order valence-corrected chi connectivity index (χ1v) is 10.5. The van der Waals surface area contributed by atoms with Gasteiger partial charge >= 0.3 is 0 Å². The second-order valence-electron chi connectivity index (χ2n) is 8.57. The van der Waals surface area contributed by atoms with Crippen molar-refractivity contribution in [3.63, 3.8) is 0 Å². The van der Waals surface area contributed by atoms with Crippen LogP contribution in [0.2, 0.25) is 5.02 Å². The van der Waals surface area contributed by atoms with E-state index in [1.54, 1.807) is 36.7 Å². The summed E-state index contributed by atoms with van der Waals surface area (Å²) in [5.74, 6) is -0.296. The van der Waals surface area contributed by atoms with E-state index in [1.807, 2.05) is 0 Å². The Kier molecular flexibility index (Phi) is 3.91. The van der Waals surface area contributed by atoms with Crippen molar-refractivity contribution in [1.29, 1.82) is 0 Å². The first kappa shape index (κ1) is 18.7. The van der Waals surface area contributed by atoms with E-state index in [0.29, 0.717) is 34.3 Å². The average molecular weight is 437 g/mol. The number of pyridine rings is 1. The molecule has 1 amide bonds. The lowest BCUT2D eigenvalue weighted by Crippen LogP contribution is -2.33. The molecule has 0 unspecified atom stereocenters. The summed E-state index contributed by atoms with van der Waals surface area (Å²) in [7, 11) is 0. The highest BCUT2D eigenvalue weighted by molar-refractivity contribution is 6.31. The molecule has 2 aromatic carbocycles. The Morgan fingerprint density at radius 1 is 1.19 bits per heavy atom. The fourth-order valence-electron chi connectivity index (χ4n) is 5.25. The third kappa shape index (κ3) is 2.91. The number of halogens is 2. The van der Waals surface area contributed by atoms with Crippen molar-refractivity contribution in [2.75, 3.05) is 0 Å². The van der Waals surface area contributed by atoms with Crippen LogP contribution in [0.5, 0.6) is 0 Å². The van der Waals surface area contributed by atoms with Gasteiger partial charge in [-0.3, -0.25) is 14.9 Å². The standard InChI is InChI=1S/C23H18ClFN4O2/c24-11-5-18(17-10-27-29-20(17)6-11)23(31)8-15-16(9-23)21(15)28-22(30)13-3-4-26-19-2-1-12(25)7-14(13)19/h1-7,10,15-16,21,31H,8-9H2,(H,27,29)(H,28,30)/t15-,16+,21-,23+. The Labute approximate surface area is 181 Å². The molecule has 0 radical (unpaired) electrons. The first-order chi connectivity index (χ1) is 14.9. The van der Waals surface area contributed by atoms with Gasteiger partial charge in [0.15, 0.2) is 0 Å². The number of carbonyl (C=O) groups excluding carboxylic acids is 1. The molecule has 0 aliphatic heterocycles. The summed E-state index contributed by atoms with van der Waals surface area (Å²) < 4.78 is 13.7. The van der Waals surface area contributed by atoms with Crippen LogP contribution in [0, 0.1) is 17.7 Å². The summed E-state index contributed by atoms with van der Waals surface area (Å²) in [5.41, 5.74) is 1.54. The summed E-state index contributed by atoms with van der Waals surface area (Å²) in [5, 5.41) is 23.3. The topological polar surface area (TPSA) is 90.9 Å². The lowest BCUT2D eigenvalue weighted by Gasteiger charge is -2.27. The predicted molar refractivity (Wildman–Crippen MR) is 114 cm³/mol. The number of nitrogens with one attached hydrogen (secondary N) is 2. The molecule has 2 saturated carbocycles. The smallest absolute Gasteiger partial charge is 0.252 e. The zero-order chi connectivity index (χ0) is 21.3. The molecular weight excluding hydrogens is 419 g/mol. The molecule has 0 bridgehead atoms. The van der Waals surface area contributed by atoms with Crippen LogP contribution in [-0.4, -0.2) is 32.2 Å². The van der Waals surface area contributed by atoms with Crippen LogP contribution in [-0.2, 0) is 5.60 Å². The number of rotatable bonds is 3. The third-order valence-corrected chi connectivity index (χ3v) is 6.97. The highest BCUT2D eigenvalue weighted by Crippen LogP contribution is 2.60. The van der Waals surface area contributed by atoms with E-state index in [-0.39, 0.29) is 23.8 Å². The summed E-state index contributed by atoms with van der Waals surface area (Å²) in [6, 6.07) is 9.41. The van der Waals surface area contributed by atoms with Gasteiger partial charge in [0.1, 0.15) is 5.82 Å². The van der Waals surface area contributed by atoms with E-state index in [1.165, 1.54) is 12.1 Å². The van der Waals surface area contributed by atoms with E-state index in [9.17, 15) is 14.3 Å². The molecule has 0 saturated heterocycles. The maximum absolute atomic E-state index is 13.7. The molecule has 0 spiro atoms. The molecule has 3 N–H and O–H groups in total. The fraction of sp³-hybridized carbons (Fsp3) is 0.261. The summed E-state index contributed by atoms with van der Waals surface area (Å²) in [4.78, 5) is 17.1. The van der Waals surface area contributed by atoms with Crippen molar-refractivity contribution in [3.8, 4) is 0 Å². The molecule has 6 nitrogen and oxygen atoms in total. The van der Waals surface area contributed by atoms with Crippen molar-refractivity contribution in [2.45, 2.75) is 24.5 Å². The van der Waals surface area contributed by atoms with Gasteiger partial charge in [-0.2, -0.15) is 5.10 Å². The molecular formula is C23H18ClFN4O2. The highest BCUT2D eigenvalue weighted by atomic mass is 35.5. The molecule has 6 rings (SSSR count). The van der Waals surface area contributed by atoms with Crippen LogP contribution in [0.4, 0.5) is 4.39 Å². The molecule has 4 aromatic rings. The molecule has 156 valence electrons. The maximum atomic E-state index is 13.7. The maximum Gasteiger partial charge on any atom is 0.252 e. The number of nitrogens with zero attached hydrogens (tertiary/aromatic N) is 2. The number of carbonyl (C=O) groups is 1. The lowest BCUT2D eigenvalue weighted by molar-refractivity contribution is 0.0293. The SMILES string of the molecule is O=C(N[C@@H]1[C@@H]2C[C@@](O)(c3cc(Cl)cc4[nH]ncc34)C[C@@H]21)c1ccnc2ccc(F)cc12. The van der Waals surface area contributed by atoms with Gasteiger partial charge in [0.05, 0.1) is 28.4 Å². The lowest BCUT2D eigenvalue weighted by atomic mass is 9.86. The zero-order valence-corrected chi connectivity index (χ0v) is 17.0. The second kappa shape index (κ2) is 6.48. The largest absolute Gasteiger partial charge is 0.385 e. The highest BCUT2D eigenvalue weighted by Gasteiger charge is 2.62. The molecule has 8 heteroatoms. The molecule has 2 aliphatic rings. The number of H-pyrrole nitrogens is 1. The van der Waals surface area contributed by atoms with Gasteiger partial charge in [-0.25, -0.2) is 4.39 Å². The normalized spacial score (nSPS) is 26.9. The van der Waals surface area contributed by atoms with Crippen LogP contribution >= 0.6 is 11.6 Å². The Morgan fingerprint density at radius 2 is 2.00 bits per heavy atom. The van der Waals surface area contributed by atoms with Crippen LogP contribution in [0.1, 0.15) is 28.8 Å². The van der Waals surface area contributed by atoms with Gasteiger partial charge in [0, 0.05) is 28.0 Å². The minimum absolute atomic E-state index is 0.0106. The number of aromatic nitrogens is 3. The minimum atomic E-state index is -1.00. The Balaban J connectivity index is 1.22. The van der Waals surface area contributed by atoms with E-state index >= 15 is 0 Å². The number of hydrogen-bond donors (Lipinski definition) is 3. The quantitative estimate of drug-likeness (QED) is 0.454. The molecule has 2 heterocycles. The second-order valence-corrected chi connectivity index (χ2v) is 9.01. The molecule has 2 aromatic heterocycles. The van der Waals surface area contributed by atoms with Crippen LogP contribution in [0.15, 0.2) is 48.8 Å². The van der Waals surface area contributed by atoms with Crippen LogP contribution in [0.3, 0.4) is 0 Å². The van der Waals surface area contributed by atoms with E-state index < -0.39 is 11.4 Å². The van der Waals surface area contributed by atoms with Crippen molar-refractivity contribution >= 4 is 39.3 Å². The van der Waals surface area contributed by atoms with E-state index in [4.69, 9.17) is 11.6 Å². The van der Waals surface area contributed by atoms with Crippen molar-refractivity contribution in [3.05, 3.63) is 70.8 Å². The number of aliphatic hydroxyl groups is 1. The van der Waals surface area contributed by atoms with Crippen molar-refractivity contribution < 1.29 is 14.3 Å². The predicted octanol–water partition coefficient (Wildman–Crippen LogP) is 3.93. The van der Waals surface area contributed by atoms with Gasteiger partial charge in [-0.05, 0) is 66.6 Å². The van der Waals surface area contributed by atoms with Gasteiger partial charge in [-0.15, -0.1) is 0 Å². The Morgan fingerprint density at radius 3 is 2.81 bits per heavy atom. The molecule has 2 aliphatic carbocycles. The third-order valence-electron chi connectivity index (χ3n) is 6.75. The summed E-state index contributed by atoms with van der Waals surface area (Å²) >= 11 is 6.25. The van der Waals surface area contributed by atoms with Crippen LogP contribution in [0.25, 0.3) is 21.8 Å². The molecule has 4 atom stereocenters. The Hall–Kier alpha value is -3.03. The summed E-state index contributed by atoms with van der Waals surface area (Å²) in [6.07, 6.45) is 4.33. The van der Waals surface area contributed by atoms with Gasteiger partial charge in [0.2, 0.25) is 0 Å². The van der Waals surface area contributed by atoms with Gasteiger partial charge in [-0.1, -0.05) is 11.6 Å².